The van der Waals surface area contributed by atoms with Crippen molar-refractivity contribution >= 4 is 43.5 Å². The molecule has 0 aliphatic heterocycles. The average molecular weight is 435 g/mol. The summed E-state index contributed by atoms with van der Waals surface area (Å²) in [4.78, 5) is 1.90. The quantitative estimate of drug-likeness (QED) is 0.288. The number of rotatable bonds is 13. The van der Waals surface area contributed by atoms with Crippen molar-refractivity contribution in [2.24, 2.45) is 0 Å². The zero-order valence-electron chi connectivity index (χ0n) is 15.9. The van der Waals surface area contributed by atoms with Crippen molar-refractivity contribution in [3.63, 3.8) is 0 Å². The van der Waals surface area contributed by atoms with Crippen molar-refractivity contribution in [3.8, 4) is 0 Å². The Morgan fingerprint density at radius 3 is 1.40 bits per heavy atom. The topological polar surface area (TPSA) is 74.3 Å². The maximum Gasteiger partial charge on any atom is 0.356 e. The van der Waals surface area contributed by atoms with Gasteiger partial charge < -0.3 is 23.0 Å². The Bertz CT molecular complexity index is 440. The third kappa shape index (κ3) is 7.59. The van der Waals surface area contributed by atoms with Crippen LogP contribution in [0.3, 0.4) is 0 Å². The van der Waals surface area contributed by atoms with Gasteiger partial charge in [0.25, 0.3) is 0 Å². The van der Waals surface area contributed by atoms with Crippen LogP contribution in [0.15, 0.2) is 0 Å². The number of hydrogen-bond donors (Lipinski definition) is 0. The fourth-order valence-electron chi connectivity index (χ4n) is 2.00. The van der Waals surface area contributed by atoms with E-state index in [1.807, 2.05) is 18.7 Å². The van der Waals surface area contributed by atoms with Gasteiger partial charge in [0.2, 0.25) is 4.73 Å². The lowest BCUT2D eigenvalue weighted by Crippen LogP contribution is -2.29. The molecule has 0 aliphatic rings. The second-order valence-electron chi connectivity index (χ2n) is 4.63. The highest BCUT2D eigenvalue weighted by Crippen LogP contribution is 2.74. The fourth-order valence-corrected chi connectivity index (χ4v) is 10.2. The van der Waals surface area contributed by atoms with Crippen LogP contribution in [-0.4, -0.2) is 53.5 Å². The molecular weight excluding hydrogens is 404 g/mol. The van der Waals surface area contributed by atoms with Crippen LogP contribution in [0.25, 0.3) is 0 Å². The van der Waals surface area contributed by atoms with E-state index in [0.29, 0.717) is 17.4 Å². The van der Waals surface area contributed by atoms with Crippen LogP contribution >= 0.6 is 39.2 Å². The third-order valence-electron chi connectivity index (χ3n) is 3.01. The van der Waals surface area contributed by atoms with Crippen LogP contribution in [0.4, 0.5) is 0 Å². The van der Waals surface area contributed by atoms with Crippen molar-refractivity contribution in [1.29, 1.82) is 0 Å². The largest absolute Gasteiger partial charge is 0.358 e. The zero-order valence-corrected chi connectivity index (χ0v) is 19.3. The molecule has 0 unspecified atom stereocenters. The molecule has 0 saturated carbocycles. The van der Waals surface area contributed by atoms with Crippen LogP contribution < -0.4 is 0 Å². The van der Waals surface area contributed by atoms with E-state index in [4.69, 9.17) is 30.3 Å². The Morgan fingerprint density at radius 2 is 1.16 bits per heavy atom. The minimum atomic E-state index is -3.79. The summed E-state index contributed by atoms with van der Waals surface area (Å²) in [6, 6.07) is 0. The smallest absolute Gasteiger partial charge is 0.356 e. The van der Waals surface area contributed by atoms with E-state index < -0.39 is 19.9 Å². The summed E-state index contributed by atoms with van der Waals surface area (Å²) in [5, 5.41) is 0. The SMILES string of the molecule is CCOP(=O)(OCC)C(SC(=S)N(CC)CC)P(=O)(OCC)OCC. The monoisotopic (exact) mass is 435 g/mol. The summed E-state index contributed by atoms with van der Waals surface area (Å²) in [5.41, 5.74) is 0. The molecule has 150 valence electrons. The zero-order chi connectivity index (χ0) is 19.5. The molecule has 0 aliphatic carbocycles. The normalized spacial score (nSPS) is 12.6. The summed E-state index contributed by atoms with van der Waals surface area (Å²) in [5.74, 6) is 0. The maximum atomic E-state index is 13.4. The number of thioether (sulfide) groups is 1. The van der Waals surface area contributed by atoms with Gasteiger partial charge in [0.05, 0.1) is 26.4 Å². The van der Waals surface area contributed by atoms with E-state index in [-0.39, 0.29) is 26.4 Å². The molecule has 25 heavy (non-hydrogen) atoms. The van der Waals surface area contributed by atoms with Gasteiger partial charge in [0, 0.05) is 13.1 Å². The summed E-state index contributed by atoms with van der Waals surface area (Å²) < 4.78 is 47.7. The first-order valence-electron chi connectivity index (χ1n) is 8.51. The van der Waals surface area contributed by atoms with Crippen LogP contribution in [0.2, 0.25) is 0 Å². The molecular formula is C14H31NO6P2S2. The highest BCUT2D eigenvalue weighted by Gasteiger charge is 2.52. The average Bonchev–Trinajstić information content (AvgIpc) is 2.54. The first-order valence-corrected chi connectivity index (χ1v) is 13.0. The lowest BCUT2D eigenvalue weighted by molar-refractivity contribution is 0.203. The molecule has 0 saturated heterocycles. The van der Waals surface area contributed by atoms with Gasteiger partial charge in [-0.3, -0.25) is 9.13 Å². The van der Waals surface area contributed by atoms with Crippen LogP contribution in [0.5, 0.6) is 0 Å². The molecule has 11 heteroatoms. The molecule has 0 aromatic rings. The van der Waals surface area contributed by atoms with Gasteiger partial charge in [-0.15, -0.1) is 0 Å². The molecule has 7 nitrogen and oxygen atoms in total. The van der Waals surface area contributed by atoms with E-state index in [1.165, 1.54) is 0 Å². The summed E-state index contributed by atoms with van der Waals surface area (Å²) >= 11 is 6.46. The van der Waals surface area contributed by atoms with Crippen molar-refractivity contribution in [2.45, 2.75) is 46.3 Å². The van der Waals surface area contributed by atoms with Gasteiger partial charge in [-0.05, 0) is 41.5 Å². The number of thiocarbonyl (C=S) groups is 1. The minimum Gasteiger partial charge on any atom is -0.358 e. The van der Waals surface area contributed by atoms with Gasteiger partial charge in [-0.1, -0.05) is 24.0 Å². The van der Waals surface area contributed by atoms with Gasteiger partial charge in [0.15, 0.2) is 0 Å². The van der Waals surface area contributed by atoms with Crippen molar-refractivity contribution < 1.29 is 27.2 Å². The molecule has 0 amide bonds. The Balaban J connectivity index is 5.96. The van der Waals surface area contributed by atoms with Crippen molar-refractivity contribution in [3.05, 3.63) is 0 Å². The Morgan fingerprint density at radius 1 is 0.840 bits per heavy atom. The van der Waals surface area contributed by atoms with Gasteiger partial charge >= 0.3 is 15.2 Å². The molecule has 0 heterocycles. The van der Waals surface area contributed by atoms with Crippen LogP contribution in [0, 0.1) is 0 Å². The van der Waals surface area contributed by atoms with E-state index in [2.05, 4.69) is 0 Å². The fraction of sp³-hybridized carbons (Fsp3) is 0.929. The predicted molar refractivity (Wildman–Crippen MR) is 109 cm³/mol. The molecule has 0 bridgehead atoms. The maximum absolute atomic E-state index is 13.4. The van der Waals surface area contributed by atoms with Crippen molar-refractivity contribution in [1.82, 2.24) is 4.90 Å². The van der Waals surface area contributed by atoms with Crippen molar-refractivity contribution in [2.75, 3.05) is 39.5 Å². The summed E-state index contributed by atoms with van der Waals surface area (Å²) in [6.07, 6.45) is 0. The summed E-state index contributed by atoms with van der Waals surface area (Å²) in [6.45, 7) is 12.6. The second-order valence-corrected chi connectivity index (χ2v) is 11.7. The Hall–Kier alpha value is 0.540. The van der Waals surface area contributed by atoms with Gasteiger partial charge in [-0.25, -0.2) is 0 Å². The lowest BCUT2D eigenvalue weighted by atomic mass is 10.6. The number of hydrogen-bond acceptors (Lipinski definition) is 8. The number of nitrogens with zero attached hydrogens (tertiary/aromatic N) is 1. The minimum absolute atomic E-state index is 0.143. The van der Waals surface area contributed by atoms with E-state index in [0.717, 1.165) is 11.8 Å². The molecule has 0 atom stereocenters. The van der Waals surface area contributed by atoms with E-state index in [9.17, 15) is 9.13 Å². The Kier molecular flexibility index (Phi) is 13.1. The first kappa shape index (κ1) is 25.5. The predicted octanol–water partition coefficient (Wildman–Crippen LogP) is 5.16. The molecule has 0 aromatic heterocycles. The standard InChI is InChI=1S/C14H31NO6P2S2/c1-7-15(8-2)13(24)25-14(22(16,18-9-3)19-10-4)23(17,20-11-5)21-12-6/h14H,7-12H2,1-6H3. The second kappa shape index (κ2) is 12.8. The first-order chi connectivity index (χ1) is 11.8. The summed E-state index contributed by atoms with van der Waals surface area (Å²) in [7, 11) is -7.58. The van der Waals surface area contributed by atoms with Gasteiger partial charge in [-0.2, -0.15) is 0 Å². The molecule has 0 aromatic carbocycles. The highest BCUT2D eigenvalue weighted by atomic mass is 32.2. The molecule has 0 fully saturated rings. The lowest BCUT2D eigenvalue weighted by Gasteiger charge is -2.32. The molecule has 0 rings (SSSR count). The van der Waals surface area contributed by atoms with Gasteiger partial charge in [0.1, 0.15) is 4.32 Å². The van der Waals surface area contributed by atoms with E-state index in [1.54, 1.807) is 27.7 Å². The third-order valence-corrected chi connectivity index (χ3v) is 11.7. The van der Waals surface area contributed by atoms with E-state index >= 15 is 0 Å². The highest BCUT2D eigenvalue weighted by molar-refractivity contribution is 8.29. The molecule has 0 N–H and O–H groups in total. The van der Waals surface area contributed by atoms with Crippen LogP contribution in [-0.2, 0) is 27.2 Å². The van der Waals surface area contributed by atoms with Crippen LogP contribution in [0.1, 0.15) is 41.5 Å². The molecule has 0 spiro atoms. The Labute approximate surface area is 161 Å². The molecule has 0 radical (unpaired) electrons.